The molecule has 0 bridgehead atoms. The summed E-state index contributed by atoms with van der Waals surface area (Å²) in [6.45, 7) is 0. The largest absolute Gasteiger partial charge is 0.507 e. The first-order valence-electron chi connectivity index (χ1n) is 10.4. The molecule has 1 fully saturated rings. The fourth-order valence-corrected chi connectivity index (χ4v) is 4.26. The molecule has 9 heteroatoms. The van der Waals surface area contributed by atoms with Crippen LogP contribution in [-0.2, 0) is 14.3 Å². The fourth-order valence-electron chi connectivity index (χ4n) is 3.96. The van der Waals surface area contributed by atoms with Gasteiger partial charge < -0.3 is 14.6 Å². The molecule has 1 amide bonds. The average Bonchev–Trinajstić information content (AvgIpc) is 3.14. The van der Waals surface area contributed by atoms with E-state index in [4.69, 9.17) is 32.7 Å². The summed E-state index contributed by atoms with van der Waals surface area (Å²) in [7, 11) is 2.73. The van der Waals surface area contributed by atoms with Crippen LogP contribution in [0.2, 0.25) is 10.0 Å². The molecule has 0 spiro atoms. The van der Waals surface area contributed by atoms with Crippen molar-refractivity contribution in [1.29, 1.82) is 0 Å². The number of ketones is 1. The lowest BCUT2D eigenvalue weighted by Crippen LogP contribution is -2.29. The molecule has 1 aliphatic rings. The Bertz CT molecular complexity index is 1370. The summed E-state index contributed by atoms with van der Waals surface area (Å²) in [6.07, 6.45) is 0. The van der Waals surface area contributed by atoms with Crippen molar-refractivity contribution in [2.45, 2.75) is 6.04 Å². The standard InChI is InChI=1S/C26H19Cl2NO6/c1-34-20-6-4-3-5-17(20)22-21(23(30)15-9-12-18(27)19(28)13-15)24(31)25(32)29(22)16-10-7-14(8-11-16)26(33)35-2/h3-13,22,30H,1-2H3/b23-21+. The molecule has 1 saturated heterocycles. The van der Waals surface area contributed by atoms with Gasteiger partial charge in [0.15, 0.2) is 0 Å². The van der Waals surface area contributed by atoms with E-state index >= 15 is 0 Å². The number of para-hydroxylation sites is 1. The summed E-state index contributed by atoms with van der Waals surface area (Å²) in [5.41, 5.74) is 1.17. The molecule has 0 aromatic heterocycles. The molecular weight excluding hydrogens is 493 g/mol. The lowest BCUT2D eigenvalue weighted by molar-refractivity contribution is -0.132. The summed E-state index contributed by atoms with van der Waals surface area (Å²) < 4.78 is 10.2. The Hall–Kier alpha value is -3.81. The fraction of sp³-hybridized carbons (Fsp3) is 0.115. The van der Waals surface area contributed by atoms with E-state index in [0.29, 0.717) is 17.0 Å². The lowest BCUT2D eigenvalue weighted by Gasteiger charge is -2.26. The van der Waals surface area contributed by atoms with Gasteiger partial charge in [-0.25, -0.2) is 4.79 Å². The number of hydrogen-bond acceptors (Lipinski definition) is 6. The Labute approximate surface area is 211 Å². The number of ether oxygens (including phenoxy) is 2. The SMILES string of the molecule is COC(=O)c1ccc(N2C(=O)C(=O)/C(=C(/O)c3ccc(Cl)c(Cl)c3)C2c2ccccc2OC)cc1. The van der Waals surface area contributed by atoms with Gasteiger partial charge in [0.25, 0.3) is 11.7 Å². The predicted octanol–water partition coefficient (Wildman–Crippen LogP) is 5.41. The third-order valence-electron chi connectivity index (χ3n) is 5.64. The predicted molar refractivity (Wildman–Crippen MR) is 132 cm³/mol. The lowest BCUT2D eigenvalue weighted by atomic mass is 9.94. The topological polar surface area (TPSA) is 93.1 Å². The number of halogens is 2. The molecule has 0 radical (unpaired) electrons. The number of benzene rings is 3. The average molecular weight is 512 g/mol. The number of amides is 1. The smallest absolute Gasteiger partial charge is 0.337 e. The molecule has 4 rings (SSSR count). The summed E-state index contributed by atoms with van der Waals surface area (Å²) in [5, 5.41) is 11.7. The number of esters is 1. The van der Waals surface area contributed by atoms with Crippen molar-refractivity contribution in [3.05, 3.63) is 99.0 Å². The van der Waals surface area contributed by atoms with Crippen LogP contribution in [-0.4, -0.2) is 37.0 Å². The second kappa shape index (κ2) is 9.82. The minimum absolute atomic E-state index is 0.144. The first-order valence-corrected chi connectivity index (χ1v) is 11.1. The maximum atomic E-state index is 13.3. The van der Waals surface area contributed by atoms with Gasteiger partial charge in [0.05, 0.1) is 41.4 Å². The number of nitrogens with zero attached hydrogens (tertiary/aromatic N) is 1. The molecule has 1 aliphatic heterocycles. The van der Waals surface area contributed by atoms with Gasteiger partial charge >= 0.3 is 5.97 Å². The van der Waals surface area contributed by atoms with Crippen molar-refractivity contribution in [2.24, 2.45) is 0 Å². The number of carbonyl (C=O) groups excluding carboxylic acids is 3. The first kappa shape index (κ1) is 24.3. The van der Waals surface area contributed by atoms with Gasteiger partial charge in [-0.1, -0.05) is 41.4 Å². The highest BCUT2D eigenvalue weighted by Gasteiger charge is 2.48. The monoisotopic (exact) mass is 511 g/mol. The maximum absolute atomic E-state index is 13.3. The van der Waals surface area contributed by atoms with Gasteiger partial charge in [-0.15, -0.1) is 0 Å². The zero-order chi connectivity index (χ0) is 25.3. The summed E-state index contributed by atoms with van der Waals surface area (Å²) in [4.78, 5) is 39.7. The van der Waals surface area contributed by atoms with Crippen molar-refractivity contribution in [2.75, 3.05) is 19.1 Å². The van der Waals surface area contributed by atoms with E-state index in [1.165, 1.54) is 61.6 Å². The Morgan fingerprint density at radius 1 is 0.914 bits per heavy atom. The van der Waals surface area contributed by atoms with E-state index in [-0.39, 0.29) is 26.7 Å². The molecule has 1 heterocycles. The molecule has 0 saturated carbocycles. The summed E-state index contributed by atoms with van der Waals surface area (Å²) in [5.74, 6) is -2.28. The van der Waals surface area contributed by atoms with Crippen LogP contribution in [0.25, 0.3) is 5.76 Å². The number of carbonyl (C=O) groups is 3. The van der Waals surface area contributed by atoms with Crippen LogP contribution in [0.15, 0.2) is 72.3 Å². The second-order valence-corrected chi connectivity index (χ2v) is 8.39. The molecule has 3 aromatic rings. The van der Waals surface area contributed by atoms with Gasteiger partial charge in [0.2, 0.25) is 0 Å². The van der Waals surface area contributed by atoms with E-state index in [0.717, 1.165) is 0 Å². The third-order valence-corrected chi connectivity index (χ3v) is 6.38. The van der Waals surface area contributed by atoms with Crippen molar-refractivity contribution in [3.63, 3.8) is 0 Å². The molecule has 1 unspecified atom stereocenters. The van der Waals surface area contributed by atoms with Crippen LogP contribution in [0.3, 0.4) is 0 Å². The number of aliphatic hydroxyl groups excluding tert-OH is 1. The third kappa shape index (κ3) is 4.36. The second-order valence-electron chi connectivity index (χ2n) is 7.58. The Morgan fingerprint density at radius 2 is 1.57 bits per heavy atom. The Morgan fingerprint density at radius 3 is 2.20 bits per heavy atom. The first-order chi connectivity index (χ1) is 16.8. The van der Waals surface area contributed by atoms with Crippen LogP contribution in [0.5, 0.6) is 5.75 Å². The highest BCUT2D eigenvalue weighted by atomic mass is 35.5. The van der Waals surface area contributed by atoms with Gasteiger partial charge in [-0.3, -0.25) is 14.5 Å². The zero-order valence-electron chi connectivity index (χ0n) is 18.6. The number of aliphatic hydroxyl groups is 1. The molecule has 35 heavy (non-hydrogen) atoms. The highest BCUT2D eigenvalue weighted by molar-refractivity contribution is 6.52. The molecular formula is C26H19Cl2NO6. The quantitative estimate of drug-likeness (QED) is 0.213. The molecule has 178 valence electrons. The normalized spacial score (nSPS) is 16.9. The van der Waals surface area contributed by atoms with Crippen LogP contribution in [0.1, 0.15) is 27.5 Å². The van der Waals surface area contributed by atoms with E-state index in [9.17, 15) is 19.5 Å². The number of Topliss-reactive ketones (excluding diaryl/α,β-unsaturated/α-hetero) is 1. The molecule has 7 nitrogen and oxygen atoms in total. The van der Waals surface area contributed by atoms with Crippen LogP contribution >= 0.6 is 23.2 Å². The Balaban J connectivity index is 1.94. The van der Waals surface area contributed by atoms with Gasteiger partial charge in [-0.2, -0.15) is 0 Å². The van der Waals surface area contributed by atoms with Crippen molar-refractivity contribution in [3.8, 4) is 5.75 Å². The number of methoxy groups -OCH3 is 2. The van der Waals surface area contributed by atoms with Gasteiger partial charge in [0.1, 0.15) is 11.5 Å². The van der Waals surface area contributed by atoms with E-state index in [1.807, 2.05) is 0 Å². The molecule has 1 N–H and O–H groups in total. The van der Waals surface area contributed by atoms with Crippen molar-refractivity contribution in [1.82, 2.24) is 0 Å². The maximum Gasteiger partial charge on any atom is 0.337 e. The zero-order valence-corrected chi connectivity index (χ0v) is 20.1. The van der Waals surface area contributed by atoms with E-state index < -0.39 is 29.5 Å². The molecule has 3 aromatic carbocycles. The summed E-state index contributed by atoms with van der Waals surface area (Å²) in [6, 6.07) is 16.3. The number of rotatable bonds is 5. The highest BCUT2D eigenvalue weighted by Crippen LogP contribution is 2.45. The van der Waals surface area contributed by atoms with Crippen LogP contribution in [0.4, 0.5) is 5.69 Å². The summed E-state index contributed by atoms with van der Waals surface area (Å²) >= 11 is 12.1. The van der Waals surface area contributed by atoms with E-state index in [2.05, 4.69) is 0 Å². The van der Waals surface area contributed by atoms with E-state index in [1.54, 1.807) is 24.3 Å². The number of anilines is 1. The van der Waals surface area contributed by atoms with Crippen molar-refractivity contribution >= 4 is 52.3 Å². The van der Waals surface area contributed by atoms with Crippen LogP contribution < -0.4 is 9.64 Å². The van der Waals surface area contributed by atoms with Gasteiger partial charge in [0, 0.05) is 16.8 Å². The number of hydrogen-bond donors (Lipinski definition) is 1. The Kier molecular flexibility index (Phi) is 6.82. The molecule has 0 aliphatic carbocycles. The van der Waals surface area contributed by atoms with Crippen LogP contribution in [0, 0.1) is 0 Å². The van der Waals surface area contributed by atoms with Crippen molar-refractivity contribution < 1.29 is 29.0 Å². The van der Waals surface area contributed by atoms with Gasteiger partial charge in [-0.05, 0) is 48.5 Å². The minimum atomic E-state index is -1.02. The minimum Gasteiger partial charge on any atom is -0.507 e. The molecule has 1 atom stereocenters.